The normalized spacial score (nSPS) is 17.7. The molecule has 3 aromatic heterocycles. The summed E-state index contributed by atoms with van der Waals surface area (Å²) in [6.07, 6.45) is 1.97. The molecule has 5 aromatic rings. The van der Waals surface area contributed by atoms with Crippen LogP contribution in [-0.4, -0.2) is 232 Å². The first-order chi connectivity index (χ1) is 43.9. The third-order valence-electron chi connectivity index (χ3n) is 14.7. The molecule has 0 atom stereocenters. The van der Waals surface area contributed by atoms with Gasteiger partial charge in [-0.15, -0.1) is 0 Å². The highest BCUT2D eigenvalue weighted by atomic mass is 19.1. The first kappa shape index (κ1) is 72.5. The summed E-state index contributed by atoms with van der Waals surface area (Å²) in [5.74, 6) is -1.02. The predicted molar refractivity (Wildman–Crippen MR) is 335 cm³/mol. The number of aromatic carboxylic acids is 1. The summed E-state index contributed by atoms with van der Waals surface area (Å²) in [5.41, 5.74) is 9.37. The van der Waals surface area contributed by atoms with E-state index in [0.717, 1.165) is 54.4 Å². The van der Waals surface area contributed by atoms with Crippen molar-refractivity contribution in [1.82, 2.24) is 30.1 Å². The number of carboxylic acid groups (broad SMARTS) is 1. The fourth-order valence-corrected chi connectivity index (χ4v) is 10.1. The number of hydrogen-bond acceptors (Lipinski definition) is 17. The van der Waals surface area contributed by atoms with E-state index in [0.29, 0.717) is 206 Å². The standard InChI is InChI=1S/C24H28FN3O5.C16H26N2O5.C8H6FNO.C8H11NO3.C8H17NO3/c1-15-21(14-19-18-13-17(25)3-4-20(18)27-23(19)29)26-16(2)22(15)24(30)28-5-7-31-9-11-33-12-10-32-8-6-28;1-12-14(13(2)17-15(12)20-3)16(19)18-4-6-21-8-10-23-11-9-22-7-5-18;9-6-1-2-7-5(3-6)4-8(11)10-7;1-4-6(8(10)11)5(2)9-7(4)12-3;1-3-10-5-7-12-8-6-11-4-2-9-1/h3-4,13-14,26H,5-12H2,1-2H3,(H,27,29);17H,4-11H2,1-3H3;1-3H,4H2,(H,10,11);9H,1-3H3,(H,10,11);9H,1-8H2/b19-14-;;;;. The number of nitrogens with zero attached hydrogens (tertiary/aromatic N) is 2. The topological polar surface area (TPSA) is 297 Å². The molecule has 7 N–H and O–H groups in total. The Morgan fingerprint density at radius 3 is 1.34 bits per heavy atom. The van der Waals surface area contributed by atoms with Crippen LogP contribution in [0.3, 0.4) is 0 Å². The molecular weight excluding hydrogens is 1190 g/mol. The molecule has 2 aromatic carbocycles. The number of anilines is 2. The molecule has 25 nitrogen and oxygen atoms in total. The van der Waals surface area contributed by atoms with Gasteiger partial charge < -0.3 is 97.9 Å². The molecule has 0 aliphatic carbocycles. The first-order valence-corrected chi connectivity index (χ1v) is 30.2. The van der Waals surface area contributed by atoms with Crippen molar-refractivity contribution in [1.29, 1.82) is 0 Å². The van der Waals surface area contributed by atoms with Crippen LogP contribution in [0.4, 0.5) is 20.2 Å². The third-order valence-corrected chi connectivity index (χ3v) is 14.7. The minimum atomic E-state index is -0.926. The molecule has 0 bridgehead atoms. The summed E-state index contributed by atoms with van der Waals surface area (Å²) in [4.78, 5) is 72.9. The summed E-state index contributed by atoms with van der Waals surface area (Å²) in [7, 11) is 3.09. The minimum absolute atomic E-state index is 0.0277. The Morgan fingerprint density at radius 2 is 0.901 bits per heavy atom. The number of hydrogen-bond donors (Lipinski definition) is 7. The Balaban J connectivity index is 0.000000196. The number of ether oxygens (including phenoxy) is 11. The van der Waals surface area contributed by atoms with Gasteiger partial charge in [-0.1, -0.05) is 0 Å². The van der Waals surface area contributed by atoms with Gasteiger partial charge in [0.1, 0.15) is 11.6 Å². The van der Waals surface area contributed by atoms with Crippen molar-refractivity contribution < 1.29 is 90.0 Å². The van der Waals surface area contributed by atoms with Crippen LogP contribution in [0, 0.1) is 53.2 Å². The Hall–Kier alpha value is -7.57. The summed E-state index contributed by atoms with van der Waals surface area (Å²) in [6, 6.07) is 8.48. The molecule has 4 amide bonds. The quantitative estimate of drug-likeness (QED) is 0.0930. The van der Waals surface area contributed by atoms with Gasteiger partial charge in [-0.05, 0) is 95.1 Å². The van der Waals surface area contributed by atoms with Crippen molar-refractivity contribution in [2.75, 3.05) is 183 Å². The molecule has 27 heteroatoms. The number of fused-ring (bicyclic) bond motifs is 2. The van der Waals surface area contributed by atoms with Gasteiger partial charge >= 0.3 is 5.97 Å². The van der Waals surface area contributed by atoms with Gasteiger partial charge in [-0.25, -0.2) is 13.6 Å². The smallest absolute Gasteiger partial charge is 0.337 e. The monoisotopic (exact) mass is 1280 g/mol. The maximum Gasteiger partial charge on any atom is 0.337 e. The number of methoxy groups -OCH3 is 2. The average molecular weight is 1280 g/mol. The number of nitrogens with one attached hydrogen (secondary N) is 6. The number of amides is 4. The number of halogens is 2. The van der Waals surface area contributed by atoms with Crippen LogP contribution in [0.1, 0.15) is 81.7 Å². The van der Waals surface area contributed by atoms with E-state index in [9.17, 15) is 32.8 Å². The highest BCUT2D eigenvalue weighted by Crippen LogP contribution is 2.35. The lowest BCUT2D eigenvalue weighted by Crippen LogP contribution is -2.37. The molecule has 0 spiro atoms. The molecule has 10 rings (SSSR count). The summed E-state index contributed by atoms with van der Waals surface area (Å²) in [6.45, 7) is 24.6. The number of carboxylic acids is 1. The lowest BCUT2D eigenvalue weighted by Gasteiger charge is -2.24. The van der Waals surface area contributed by atoms with Crippen LogP contribution in [0.2, 0.25) is 0 Å². The number of aromatic nitrogens is 3. The van der Waals surface area contributed by atoms with E-state index >= 15 is 0 Å². The molecule has 3 saturated heterocycles. The Morgan fingerprint density at radius 1 is 0.505 bits per heavy atom. The number of aromatic amines is 3. The van der Waals surface area contributed by atoms with Crippen LogP contribution in [0.25, 0.3) is 11.6 Å². The zero-order valence-electron chi connectivity index (χ0n) is 53.3. The third kappa shape index (κ3) is 22.4. The molecule has 3 fully saturated rings. The average Bonchev–Trinajstić information content (AvgIpc) is 1.77. The molecule has 500 valence electrons. The lowest BCUT2D eigenvalue weighted by molar-refractivity contribution is -0.115. The summed E-state index contributed by atoms with van der Waals surface area (Å²) < 4.78 is 85.2. The van der Waals surface area contributed by atoms with E-state index in [4.69, 9.17) is 57.2 Å². The van der Waals surface area contributed by atoms with Crippen LogP contribution in [0.5, 0.6) is 11.8 Å². The number of aryl methyl sites for hydroxylation is 3. The number of benzene rings is 2. The van der Waals surface area contributed by atoms with Crippen LogP contribution in [0.15, 0.2) is 36.4 Å². The van der Waals surface area contributed by atoms with E-state index in [2.05, 4.69) is 30.9 Å². The van der Waals surface area contributed by atoms with Crippen molar-refractivity contribution in [3.05, 3.63) is 115 Å². The van der Waals surface area contributed by atoms with Gasteiger partial charge in [0.05, 0.1) is 162 Å². The second-order valence-electron chi connectivity index (χ2n) is 21.1. The SMILES string of the molecule is C1COCCOCCOCCN1.COc1[nH]c(C)c(C(=O)N2CCOCCOCCOCC2)c1C.COc1[nH]c(C)c(C(=O)O)c1C.Cc1[nH]c(/C=C2\C(=O)Nc3ccc(F)cc32)c(C)c1C(=O)N1CCOCCOCCOCC1.O=C1Cc2cc(F)ccc2N1. The van der Waals surface area contributed by atoms with Gasteiger partial charge in [0.2, 0.25) is 5.91 Å². The van der Waals surface area contributed by atoms with Crippen molar-refractivity contribution in [3.63, 3.8) is 0 Å². The van der Waals surface area contributed by atoms with Crippen LogP contribution >= 0.6 is 0 Å². The zero-order valence-corrected chi connectivity index (χ0v) is 53.3. The van der Waals surface area contributed by atoms with Crippen LogP contribution in [-0.2, 0) is 58.6 Å². The highest BCUT2D eigenvalue weighted by Gasteiger charge is 2.29. The summed E-state index contributed by atoms with van der Waals surface area (Å²) >= 11 is 0. The maximum atomic E-state index is 13.8. The number of rotatable bonds is 6. The second-order valence-corrected chi connectivity index (χ2v) is 21.1. The van der Waals surface area contributed by atoms with Crippen molar-refractivity contribution in [2.24, 2.45) is 0 Å². The van der Waals surface area contributed by atoms with Gasteiger partial charge in [-0.2, -0.15) is 0 Å². The second kappa shape index (κ2) is 38.3. The first-order valence-electron chi connectivity index (χ1n) is 30.2. The van der Waals surface area contributed by atoms with Gasteiger partial charge in [-0.3, -0.25) is 19.2 Å². The van der Waals surface area contributed by atoms with E-state index in [1.807, 2.05) is 27.7 Å². The maximum absolute atomic E-state index is 13.8. The number of carbonyl (C=O) groups excluding carboxylic acids is 4. The van der Waals surface area contributed by atoms with E-state index in [1.54, 1.807) is 49.0 Å². The van der Waals surface area contributed by atoms with E-state index in [-0.39, 0.29) is 29.4 Å². The molecule has 0 unspecified atom stereocenters. The minimum Gasteiger partial charge on any atom is -0.482 e. The summed E-state index contributed by atoms with van der Waals surface area (Å²) in [5, 5.41) is 17.4. The van der Waals surface area contributed by atoms with Gasteiger partial charge in [0.15, 0.2) is 11.8 Å². The molecule has 8 heterocycles. The molecule has 0 saturated carbocycles. The molecular formula is C64H88F2N8O17. The van der Waals surface area contributed by atoms with E-state index < -0.39 is 11.8 Å². The van der Waals surface area contributed by atoms with Crippen molar-refractivity contribution in [2.45, 2.75) is 48.0 Å². The predicted octanol–water partition coefficient (Wildman–Crippen LogP) is 6.21. The fraction of sp³-hybridized carbons (Fsp3) is 0.516. The largest absolute Gasteiger partial charge is 0.482 e. The van der Waals surface area contributed by atoms with Crippen molar-refractivity contribution >= 4 is 52.6 Å². The highest BCUT2D eigenvalue weighted by molar-refractivity contribution is 6.35. The van der Waals surface area contributed by atoms with E-state index in [1.165, 1.54) is 31.4 Å². The van der Waals surface area contributed by atoms with Gasteiger partial charge in [0.25, 0.3) is 17.7 Å². The Labute approximate surface area is 529 Å². The van der Waals surface area contributed by atoms with Crippen molar-refractivity contribution in [3.8, 4) is 11.8 Å². The molecule has 91 heavy (non-hydrogen) atoms. The number of carbonyl (C=O) groups is 5. The molecule has 0 radical (unpaired) electrons. The Kier molecular flexibility index (Phi) is 30.5. The zero-order chi connectivity index (χ0) is 65.7. The number of H-pyrrole nitrogens is 3. The van der Waals surface area contributed by atoms with Gasteiger partial charge in [0, 0.05) is 90.1 Å². The fourth-order valence-electron chi connectivity index (χ4n) is 10.1. The molecule has 5 aliphatic heterocycles. The lowest BCUT2D eigenvalue weighted by atomic mass is 10.0. The Bertz CT molecular complexity index is 3130. The molecule has 5 aliphatic rings. The van der Waals surface area contributed by atoms with Crippen LogP contribution < -0.4 is 25.4 Å².